The van der Waals surface area contributed by atoms with Crippen molar-refractivity contribution < 1.29 is 22.3 Å². The van der Waals surface area contributed by atoms with Gasteiger partial charge in [0.1, 0.15) is 18.2 Å². The van der Waals surface area contributed by atoms with Crippen LogP contribution in [0.2, 0.25) is 5.02 Å². The molecule has 1 N–H and O–H groups in total. The van der Waals surface area contributed by atoms with Gasteiger partial charge in [0.2, 0.25) is 10.0 Å². The molecule has 33 heavy (non-hydrogen) atoms. The molecule has 0 bridgehead atoms. The molecule has 0 spiro atoms. The molecule has 174 valence electrons. The number of amides is 1. The number of rotatable bonds is 9. The fraction of sp³-hybridized carbons (Fsp3) is 0.208. The highest BCUT2D eigenvalue weighted by Crippen LogP contribution is 2.29. The van der Waals surface area contributed by atoms with E-state index in [0.717, 1.165) is 11.8 Å². The lowest BCUT2D eigenvalue weighted by molar-refractivity contribution is 0.0947. The van der Waals surface area contributed by atoms with Gasteiger partial charge < -0.3 is 10.1 Å². The molecule has 6 nitrogen and oxygen atoms in total. The molecular formula is C24H24ClFN2O4S. The van der Waals surface area contributed by atoms with Gasteiger partial charge in [-0.05, 0) is 66.6 Å². The van der Waals surface area contributed by atoms with Crippen molar-refractivity contribution in [2.24, 2.45) is 0 Å². The molecule has 0 saturated heterocycles. The summed E-state index contributed by atoms with van der Waals surface area (Å²) in [5, 5.41) is 3.23. The van der Waals surface area contributed by atoms with Crippen molar-refractivity contribution in [3.63, 3.8) is 0 Å². The molecule has 0 unspecified atom stereocenters. The molecule has 0 aliphatic rings. The monoisotopic (exact) mass is 490 g/mol. The van der Waals surface area contributed by atoms with E-state index in [1.165, 1.54) is 28.6 Å². The van der Waals surface area contributed by atoms with Gasteiger partial charge in [0, 0.05) is 10.6 Å². The zero-order chi connectivity index (χ0) is 24.0. The Balaban J connectivity index is 1.60. The van der Waals surface area contributed by atoms with Gasteiger partial charge >= 0.3 is 0 Å². The minimum Gasteiger partial charge on any atom is -0.492 e. The van der Waals surface area contributed by atoms with E-state index in [9.17, 15) is 17.6 Å². The van der Waals surface area contributed by atoms with E-state index in [0.29, 0.717) is 27.6 Å². The molecular weight excluding hydrogens is 467 g/mol. The first-order valence-corrected chi connectivity index (χ1v) is 12.4. The van der Waals surface area contributed by atoms with Crippen LogP contribution in [0.4, 0.5) is 10.1 Å². The molecule has 0 aliphatic heterocycles. The molecule has 0 atom stereocenters. The highest BCUT2D eigenvalue weighted by atomic mass is 35.5. The third kappa shape index (κ3) is 6.69. The smallest absolute Gasteiger partial charge is 0.251 e. The zero-order valence-corrected chi connectivity index (χ0v) is 19.8. The Hall–Kier alpha value is -3.10. The third-order valence-corrected chi connectivity index (χ3v) is 6.46. The lowest BCUT2D eigenvalue weighted by Gasteiger charge is -2.24. The van der Waals surface area contributed by atoms with Crippen LogP contribution in [-0.4, -0.2) is 33.7 Å². The van der Waals surface area contributed by atoms with Crippen molar-refractivity contribution in [1.29, 1.82) is 0 Å². The van der Waals surface area contributed by atoms with E-state index in [-0.39, 0.29) is 31.4 Å². The second-order valence-corrected chi connectivity index (χ2v) is 9.72. The minimum atomic E-state index is -3.56. The summed E-state index contributed by atoms with van der Waals surface area (Å²) in [6, 6.07) is 17.4. The van der Waals surface area contributed by atoms with Crippen LogP contribution < -0.4 is 14.4 Å². The lowest BCUT2D eigenvalue weighted by Crippen LogP contribution is -2.30. The number of hydrogen-bond donors (Lipinski definition) is 1. The molecule has 3 rings (SSSR count). The molecule has 0 heterocycles. The highest BCUT2D eigenvalue weighted by molar-refractivity contribution is 7.92. The van der Waals surface area contributed by atoms with Crippen LogP contribution in [0.5, 0.6) is 5.75 Å². The molecule has 0 aromatic heterocycles. The number of sulfonamides is 1. The molecule has 0 radical (unpaired) electrons. The molecule has 9 heteroatoms. The number of carbonyl (C=O) groups excluding carboxylic acids is 1. The second-order valence-electron chi connectivity index (χ2n) is 7.41. The fourth-order valence-electron chi connectivity index (χ4n) is 3.14. The summed E-state index contributed by atoms with van der Waals surface area (Å²) in [6.07, 6.45) is 1.14. The lowest BCUT2D eigenvalue weighted by atomic mass is 10.1. The quantitative estimate of drug-likeness (QED) is 0.446. The topological polar surface area (TPSA) is 75.7 Å². The highest BCUT2D eigenvalue weighted by Gasteiger charge is 2.20. The largest absolute Gasteiger partial charge is 0.492 e. The van der Waals surface area contributed by atoms with Gasteiger partial charge in [0.25, 0.3) is 5.91 Å². The number of carbonyl (C=O) groups is 1. The van der Waals surface area contributed by atoms with Gasteiger partial charge in [-0.1, -0.05) is 29.8 Å². The van der Waals surface area contributed by atoms with Crippen LogP contribution in [0.1, 0.15) is 21.5 Å². The van der Waals surface area contributed by atoms with Crippen molar-refractivity contribution in [3.8, 4) is 5.75 Å². The van der Waals surface area contributed by atoms with Crippen molar-refractivity contribution in [1.82, 2.24) is 5.32 Å². The maximum Gasteiger partial charge on any atom is 0.251 e. The first-order chi connectivity index (χ1) is 15.6. The van der Waals surface area contributed by atoms with E-state index in [2.05, 4.69) is 5.32 Å². The van der Waals surface area contributed by atoms with Crippen LogP contribution >= 0.6 is 11.6 Å². The van der Waals surface area contributed by atoms with Gasteiger partial charge in [0.15, 0.2) is 0 Å². The van der Waals surface area contributed by atoms with E-state index >= 15 is 0 Å². The van der Waals surface area contributed by atoms with Gasteiger partial charge in [0.05, 0.1) is 25.0 Å². The van der Waals surface area contributed by atoms with Crippen molar-refractivity contribution in [2.45, 2.75) is 13.5 Å². The average molecular weight is 491 g/mol. The summed E-state index contributed by atoms with van der Waals surface area (Å²) in [5.74, 6) is -0.114. The van der Waals surface area contributed by atoms with Crippen LogP contribution in [0.15, 0.2) is 66.7 Å². The molecule has 0 saturated carbocycles. The number of anilines is 1. The van der Waals surface area contributed by atoms with Crippen molar-refractivity contribution >= 4 is 33.2 Å². The van der Waals surface area contributed by atoms with Crippen LogP contribution in [0, 0.1) is 12.7 Å². The third-order valence-electron chi connectivity index (χ3n) is 4.92. The first kappa shape index (κ1) is 24.5. The first-order valence-electron chi connectivity index (χ1n) is 10.1. The molecule has 1 amide bonds. The average Bonchev–Trinajstić information content (AvgIpc) is 2.78. The SMILES string of the molecule is Cc1c(Cl)cccc1N(Cc1ccc(C(=O)NCCOc2ccc(F)cc2)cc1)S(C)(=O)=O. The van der Waals surface area contributed by atoms with Crippen molar-refractivity contribution in [3.05, 3.63) is 94.3 Å². The summed E-state index contributed by atoms with van der Waals surface area (Å²) in [6.45, 7) is 2.38. The van der Waals surface area contributed by atoms with Gasteiger partial charge in [-0.25, -0.2) is 12.8 Å². The summed E-state index contributed by atoms with van der Waals surface area (Å²) in [5.41, 5.74) is 2.33. The number of halogens is 2. The normalized spacial score (nSPS) is 11.2. The Kier molecular flexibility index (Phi) is 7.94. The number of ether oxygens (including phenoxy) is 1. The maximum atomic E-state index is 12.9. The molecule has 0 fully saturated rings. The Morgan fingerprint density at radius 1 is 1.06 bits per heavy atom. The Labute approximate surface area is 198 Å². The van der Waals surface area contributed by atoms with Crippen LogP contribution in [0.25, 0.3) is 0 Å². The Morgan fingerprint density at radius 2 is 1.73 bits per heavy atom. The van der Waals surface area contributed by atoms with Crippen LogP contribution in [-0.2, 0) is 16.6 Å². The van der Waals surface area contributed by atoms with Gasteiger partial charge in [-0.2, -0.15) is 0 Å². The van der Waals surface area contributed by atoms with Crippen molar-refractivity contribution in [2.75, 3.05) is 23.7 Å². The predicted molar refractivity (Wildman–Crippen MR) is 128 cm³/mol. The van der Waals surface area contributed by atoms with E-state index in [4.69, 9.17) is 16.3 Å². The Morgan fingerprint density at radius 3 is 2.36 bits per heavy atom. The zero-order valence-electron chi connectivity index (χ0n) is 18.2. The number of nitrogens with one attached hydrogen (secondary N) is 1. The van der Waals surface area contributed by atoms with E-state index in [1.807, 2.05) is 0 Å². The molecule has 3 aromatic carbocycles. The fourth-order valence-corrected chi connectivity index (χ4v) is 4.25. The number of benzene rings is 3. The van der Waals surface area contributed by atoms with Gasteiger partial charge in [-0.15, -0.1) is 0 Å². The standard InChI is InChI=1S/C24H24ClFN2O4S/c1-17-22(25)4-3-5-23(17)28(33(2,30)31)16-18-6-8-19(9-7-18)24(29)27-14-15-32-21-12-10-20(26)11-13-21/h3-13H,14-16H2,1-2H3,(H,27,29). The second kappa shape index (κ2) is 10.7. The predicted octanol–water partition coefficient (Wildman–Crippen LogP) is 4.56. The molecule has 0 aliphatic carbocycles. The van der Waals surface area contributed by atoms with Gasteiger partial charge in [-0.3, -0.25) is 9.10 Å². The number of hydrogen-bond acceptors (Lipinski definition) is 4. The van der Waals surface area contributed by atoms with Crippen LogP contribution in [0.3, 0.4) is 0 Å². The van der Waals surface area contributed by atoms with E-state index < -0.39 is 10.0 Å². The summed E-state index contributed by atoms with van der Waals surface area (Å²) < 4.78 is 44.5. The summed E-state index contributed by atoms with van der Waals surface area (Å²) in [7, 11) is -3.56. The Bertz CT molecular complexity index is 1220. The minimum absolute atomic E-state index is 0.105. The maximum absolute atomic E-state index is 12.9. The number of nitrogens with zero attached hydrogens (tertiary/aromatic N) is 1. The molecule has 3 aromatic rings. The summed E-state index contributed by atoms with van der Waals surface area (Å²) >= 11 is 6.17. The summed E-state index contributed by atoms with van der Waals surface area (Å²) in [4.78, 5) is 12.4. The van der Waals surface area contributed by atoms with E-state index in [1.54, 1.807) is 49.4 Å².